The highest BCUT2D eigenvalue weighted by atomic mass is 32.1. The first-order valence-corrected chi connectivity index (χ1v) is 12.8. The molecule has 2 aliphatic heterocycles. The van der Waals surface area contributed by atoms with Crippen LogP contribution < -0.4 is 14.2 Å². The molecule has 2 aliphatic rings. The number of fused-ring (bicyclic) bond motifs is 2. The third kappa shape index (κ3) is 5.40. The van der Waals surface area contributed by atoms with E-state index in [9.17, 15) is 14.0 Å². The molecule has 37 heavy (non-hydrogen) atoms. The highest BCUT2D eigenvalue weighted by Crippen LogP contribution is 2.35. The Morgan fingerprint density at radius 3 is 2.84 bits per heavy atom. The highest BCUT2D eigenvalue weighted by Gasteiger charge is 2.34. The average molecular weight is 527 g/mol. The molecule has 2 aromatic carbocycles. The summed E-state index contributed by atoms with van der Waals surface area (Å²) in [5.41, 5.74) is 1.39. The smallest absolute Gasteiger partial charge is 0.254 e. The van der Waals surface area contributed by atoms with Crippen molar-refractivity contribution in [2.45, 2.75) is 12.5 Å². The van der Waals surface area contributed by atoms with Crippen molar-refractivity contribution in [1.82, 2.24) is 9.80 Å². The van der Waals surface area contributed by atoms with Crippen LogP contribution in [0.15, 0.2) is 53.9 Å². The zero-order valence-corrected chi connectivity index (χ0v) is 21.2. The lowest BCUT2D eigenvalue weighted by atomic mass is 10.0. The predicted molar refractivity (Wildman–Crippen MR) is 135 cm³/mol. The topological polar surface area (TPSA) is 77.5 Å². The van der Waals surface area contributed by atoms with E-state index >= 15 is 0 Å². The summed E-state index contributed by atoms with van der Waals surface area (Å²) in [7, 11) is 1.55. The molecule has 10 heteroatoms. The minimum Gasteiger partial charge on any atom is -0.488 e. The molecule has 0 N–H and O–H groups in total. The Balaban J connectivity index is 1.34. The maximum atomic E-state index is 14.2. The van der Waals surface area contributed by atoms with E-state index in [1.807, 2.05) is 11.4 Å². The fourth-order valence-electron chi connectivity index (χ4n) is 4.53. The predicted octanol–water partition coefficient (Wildman–Crippen LogP) is 3.91. The normalized spacial score (nSPS) is 15.8. The maximum Gasteiger partial charge on any atom is 0.254 e. The summed E-state index contributed by atoms with van der Waals surface area (Å²) in [6.07, 6.45) is 0.711. The van der Waals surface area contributed by atoms with E-state index in [-0.39, 0.29) is 50.7 Å². The first-order valence-electron chi connectivity index (χ1n) is 12.0. The Bertz CT molecular complexity index is 1280. The molecule has 3 aromatic rings. The van der Waals surface area contributed by atoms with Gasteiger partial charge in [0.05, 0.1) is 12.6 Å². The van der Waals surface area contributed by atoms with E-state index in [1.165, 1.54) is 15.8 Å². The fourth-order valence-corrected chi connectivity index (χ4v) is 5.45. The summed E-state index contributed by atoms with van der Waals surface area (Å²) in [6, 6.07) is 12.8. The Morgan fingerprint density at radius 2 is 2.00 bits per heavy atom. The van der Waals surface area contributed by atoms with Crippen molar-refractivity contribution in [2.75, 3.05) is 46.8 Å². The number of halogens is 1. The number of carbonyl (C=O) groups excluding carboxylic acids is 2. The summed E-state index contributed by atoms with van der Waals surface area (Å²) >= 11 is 1.63. The molecule has 2 amide bonds. The first-order chi connectivity index (χ1) is 18.0. The minimum absolute atomic E-state index is 0.102. The van der Waals surface area contributed by atoms with Crippen LogP contribution >= 0.6 is 11.3 Å². The van der Waals surface area contributed by atoms with Crippen molar-refractivity contribution < 1.29 is 32.9 Å². The van der Waals surface area contributed by atoms with Gasteiger partial charge >= 0.3 is 0 Å². The van der Waals surface area contributed by atoms with Gasteiger partial charge in [-0.05, 0) is 53.8 Å². The third-order valence-corrected chi connectivity index (χ3v) is 7.44. The van der Waals surface area contributed by atoms with E-state index in [1.54, 1.807) is 59.7 Å². The fraction of sp³-hybridized carbons (Fsp3) is 0.333. The van der Waals surface area contributed by atoms with Gasteiger partial charge in [-0.15, -0.1) is 11.3 Å². The molecule has 0 unspecified atom stereocenters. The molecule has 1 aromatic heterocycles. The monoisotopic (exact) mass is 526 g/mol. The van der Waals surface area contributed by atoms with Crippen molar-refractivity contribution in [3.63, 3.8) is 0 Å². The largest absolute Gasteiger partial charge is 0.488 e. The van der Waals surface area contributed by atoms with Crippen LogP contribution in [-0.4, -0.2) is 68.4 Å². The van der Waals surface area contributed by atoms with E-state index in [0.29, 0.717) is 30.0 Å². The van der Waals surface area contributed by atoms with Crippen LogP contribution in [0.5, 0.6) is 17.2 Å². The van der Waals surface area contributed by atoms with Crippen LogP contribution in [0.2, 0.25) is 0 Å². The number of amides is 2. The number of hydrogen-bond donors (Lipinski definition) is 0. The number of nitrogens with zero attached hydrogens (tertiary/aromatic N) is 2. The average Bonchev–Trinajstić information content (AvgIpc) is 3.59. The lowest BCUT2D eigenvalue weighted by Gasteiger charge is -2.37. The molecule has 0 spiro atoms. The lowest BCUT2D eigenvalue weighted by Crippen LogP contribution is -2.48. The Morgan fingerprint density at radius 1 is 1.16 bits per heavy atom. The lowest BCUT2D eigenvalue weighted by molar-refractivity contribution is -0.135. The molecular formula is C27H27FN2O6S. The number of para-hydroxylation sites is 1. The second-order valence-corrected chi connectivity index (χ2v) is 9.68. The van der Waals surface area contributed by atoms with Crippen LogP contribution in [0.4, 0.5) is 4.39 Å². The van der Waals surface area contributed by atoms with Gasteiger partial charge in [-0.3, -0.25) is 9.59 Å². The van der Waals surface area contributed by atoms with Crippen molar-refractivity contribution in [2.24, 2.45) is 0 Å². The summed E-state index contributed by atoms with van der Waals surface area (Å²) < 4.78 is 35.9. The van der Waals surface area contributed by atoms with Crippen LogP contribution in [0.3, 0.4) is 0 Å². The quantitative estimate of drug-likeness (QED) is 0.421. The van der Waals surface area contributed by atoms with Gasteiger partial charge in [0.15, 0.2) is 23.1 Å². The summed E-state index contributed by atoms with van der Waals surface area (Å²) in [5.74, 6) is 0.225. The number of benzene rings is 2. The van der Waals surface area contributed by atoms with Crippen molar-refractivity contribution >= 4 is 23.2 Å². The Kier molecular flexibility index (Phi) is 7.57. The molecule has 194 valence electrons. The number of ether oxygens (including phenoxy) is 4. The number of methoxy groups -OCH3 is 1. The molecule has 0 radical (unpaired) electrons. The molecule has 0 bridgehead atoms. The Labute approximate surface area is 218 Å². The van der Waals surface area contributed by atoms with Gasteiger partial charge in [0.1, 0.15) is 13.2 Å². The maximum absolute atomic E-state index is 14.2. The second-order valence-electron chi connectivity index (χ2n) is 8.68. The number of rotatable bonds is 9. The van der Waals surface area contributed by atoms with Gasteiger partial charge < -0.3 is 28.7 Å². The molecular weight excluding hydrogens is 499 g/mol. The van der Waals surface area contributed by atoms with Crippen molar-refractivity contribution in [3.8, 4) is 17.2 Å². The molecule has 3 heterocycles. The SMILES string of the molecule is COCCN(CC(=O)N1CCc2sccc2[C@H]1COc1ccccc1F)C(=O)c1ccc2c(c1)OCO2. The van der Waals surface area contributed by atoms with Gasteiger partial charge in [0.25, 0.3) is 5.91 Å². The number of hydrogen-bond acceptors (Lipinski definition) is 7. The van der Waals surface area contributed by atoms with E-state index < -0.39 is 11.9 Å². The number of thiophene rings is 1. The summed E-state index contributed by atoms with van der Waals surface area (Å²) in [6.45, 7) is 1.07. The molecule has 0 aliphatic carbocycles. The molecule has 0 saturated carbocycles. The van der Waals surface area contributed by atoms with Crippen LogP contribution in [0.1, 0.15) is 26.8 Å². The standard InChI is InChI=1S/C27H27FN2O6S/c1-33-12-11-29(27(32)18-6-7-23-24(14-18)36-17-35-23)15-26(31)30-10-8-25-19(9-13-37-25)21(30)16-34-22-5-3-2-4-20(22)28/h2-7,9,13-14,21H,8,10-12,15-17H2,1H3/t21-/m1/s1. The second kappa shape index (κ2) is 11.2. The van der Waals surface area contributed by atoms with E-state index in [4.69, 9.17) is 18.9 Å². The minimum atomic E-state index is -0.457. The first kappa shape index (κ1) is 25.0. The number of carbonyl (C=O) groups is 2. The molecule has 8 nitrogen and oxygen atoms in total. The molecule has 1 atom stereocenters. The third-order valence-electron chi connectivity index (χ3n) is 6.45. The molecule has 0 saturated heterocycles. The van der Waals surface area contributed by atoms with Crippen molar-refractivity contribution in [1.29, 1.82) is 0 Å². The summed E-state index contributed by atoms with van der Waals surface area (Å²) in [5, 5.41) is 1.99. The molecule has 0 fully saturated rings. The van der Waals surface area contributed by atoms with Gasteiger partial charge in [-0.25, -0.2) is 4.39 Å². The van der Waals surface area contributed by atoms with Gasteiger partial charge in [-0.2, -0.15) is 0 Å². The van der Waals surface area contributed by atoms with Crippen LogP contribution in [0.25, 0.3) is 0 Å². The van der Waals surface area contributed by atoms with Crippen LogP contribution in [0, 0.1) is 5.82 Å². The van der Waals surface area contributed by atoms with Gasteiger partial charge in [-0.1, -0.05) is 12.1 Å². The highest BCUT2D eigenvalue weighted by molar-refractivity contribution is 7.10. The summed E-state index contributed by atoms with van der Waals surface area (Å²) in [4.78, 5) is 31.4. The van der Waals surface area contributed by atoms with E-state index in [0.717, 1.165) is 5.56 Å². The van der Waals surface area contributed by atoms with E-state index in [2.05, 4.69) is 0 Å². The van der Waals surface area contributed by atoms with Gasteiger partial charge in [0.2, 0.25) is 12.7 Å². The zero-order chi connectivity index (χ0) is 25.8. The Hall–Kier alpha value is -3.63. The zero-order valence-electron chi connectivity index (χ0n) is 20.4. The van der Waals surface area contributed by atoms with Crippen molar-refractivity contribution in [3.05, 3.63) is 75.7 Å². The van der Waals surface area contributed by atoms with Gasteiger partial charge in [0, 0.05) is 30.6 Å². The molecule has 5 rings (SSSR count). The van der Waals surface area contributed by atoms with Crippen LogP contribution in [-0.2, 0) is 16.0 Å².